The molecule has 0 heterocycles. The van der Waals surface area contributed by atoms with Crippen LogP contribution in [-0.4, -0.2) is 35.4 Å². The van der Waals surface area contributed by atoms with E-state index in [-0.39, 0.29) is 24.5 Å². The molecular formula is C23H29ClN2O3. The number of halogens is 1. The van der Waals surface area contributed by atoms with Gasteiger partial charge in [-0.1, -0.05) is 41.4 Å². The normalized spacial score (nSPS) is 11.8. The summed E-state index contributed by atoms with van der Waals surface area (Å²) in [5, 5.41) is 3.49. The maximum absolute atomic E-state index is 13.0. The van der Waals surface area contributed by atoms with Crippen molar-refractivity contribution in [3.63, 3.8) is 0 Å². The van der Waals surface area contributed by atoms with E-state index in [2.05, 4.69) is 5.32 Å². The van der Waals surface area contributed by atoms with Crippen LogP contribution in [0.5, 0.6) is 5.75 Å². The summed E-state index contributed by atoms with van der Waals surface area (Å²) in [7, 11) is 0. The van der Waals surface area contributed by atoms with Crippen molar-refractivity contribution in [2.24, 2.45) is 0 Å². The van der Waals surface area contributed by atoms with E-state index in [9.17, 15) is 9.59 Å². The number of benzene rings is 2. The van der Waals surface area contributed by atoms with Gasteiger partial charge in [-0.25, -0.2) is 0 Å². The van der Waals surface area contributed by atoms with Crippen molar-refractivity contribution in [3.05, 3.63) is 64.2 Å². The summed E-state index contributed by atoms with van der Waals surface area (Å²) in [6.45, 7) is 9.60. The summed E-state index contributed by atoms with van der Waals surface area (Å²) in [6.07, 6.45) is 0. The Bertz CT molecular complexity index is 850. The number of hydrogen-bond acceptors (Lipinski definition) is 3. The average Bonchev–Trinajstić information content (AvgIpc) is 2.65. The van der Waals surface area contributed by atoms with Crippen LogP contribution >= 0.6 is 11.6 Å². The monoisotopic (exact) mass is 416 g/mol. The van der Waals surface area contributed by atoms with Gasteiger partial charge in [0.2, 0.25) is 5.91 Å². The molecule has 0 aliphatic heterocycles. The van der Waals surface area contributed by atoms with Crippen LogP contribution in [0.4, 0.5) is 0 Å². The summed E-state index contributed by atoms with van der Waals surface area (Å²) < 4.78 is 5.76. The third-order valence-corrected chi connectivity index (χ3v) is 4.80. The Labute approximate surface area is 178 Å². The van der Waals surface area contributed by atoms with E-state index in [1.807, 2.05) is 58.0 Å². The largest absolute Gasteiger partial charge is 0.483 e. The molecule has 0 radical (unpaired) electrons. The molecular weight excluding hydrogens is 388 g/mol. The van der Waals surface area contributed by atoms with Crippen LogP contribution < -0.4 is 10.1 Å². The molecule has 0 aliphatic rings. The summed E-state index contributed by atoms with van der Waals surface area (Å²) >= 11 is 5.96. The predicted molar refractivity (Wildman–Crippen MR) is 116 cm³/mol. The second kappa shape index (κ2) is 10.3. The fourth-order valence-corrected chi connectivity index (χ4v) is 3.08. The molecule has 0 saturated heterocycles. The van der Waals surface area contributed by atoms with E-state index < -0.39 is 6.04 Å². The van der Waals surface area contributed by atoms with Crippen molar-refractivity contribution in [1.29, 1.82) is 0 Å². The second-order valence-electron chi connectivity index (χ2n) is 7.54. The van der Waals surface area contributed by atoms with E-state index >= 15 is 0 Å². The molecule has 5 nitrogen and oxygen atoms in total. The molecule has 156 valence electrons. The maximum Gasteiger partial charge on any atom is 0.261 e. The third kappa shape index (κ3) is 6.79. The van der Waals surface area contributed by atoms with Crippen molar-refractivity contribution in [1.82, 2.24) is 10.2 Å². The highest BCUT2D eigenvalue weighted by atomic mass is 35.5. The lowest BCUT2D eigenvalue weighted by molar-refractivity contribution is -0.142. The summed E-state index contributed by atoms with van der Waals surface area (Å²) in [6, 6.07) is 12.4. The van der Waals surface area contributed by atoms with Gasteiger partial charge in [-0.15, -0.1) is 0 Å². The quantitative estimate of drug-likeness (QED) is 0.698. The minimum Gasteiger partial charge on any atom is -0.483 e. The first kappa shape index (κ1) is 22.8. The zero-order valence-electron chi connectivity index (χ0n) is 17.7. The van der Waals surface area contributed by atoms with Crippen LogP contribution in [0.1, 0.15) is 37.5 Å². The second-order valence-corrected chi connectivity index (χ2v) is 7.98. The predicted octanol–water partition coefficient (Wildman–Crippen LogP) is 4.28. The van der Waals surface area contributed by atoms with Crippen molar-refractivity contribution in [2.75, 3.05) is 6.61 Å². The van der Waals surface area contributed by atoms with Crippen molar-refractivity contribution in [3.8, 4) is 5.75 Å². The summed E-state index contributed by atoms with van der Waals surface area (Å²) in [4.78, 5) is 27.1. The number of carbonyl (C=O) groups is 2. The first-order valence-corrected chi connectivity index (χ1v) is 10.1. The third-order valence-electron chi connectivity index (χ3n) is 4.55. The topological polar surface area (TPSA) is 58.6 Å². The molecule has 2 rings (SSSR count). The van der Waals surface area contributed by atoms with Gasteiger partial charge in [0.25, 0.3) is 5.91 Å². The Balaban J connectivity index is 2.16. The van der Waals surface area contributed by atoms with E-state index in [1.54, 1.807) is 19.1 Å². The fraction of sp³-hybridized carbons (Fsp3) is 0.391. The smallest absolute Gasteiger partial charge is 0.261 e. The van der Waals surface area contributed by atoms with E-state index in [4.69, 9.17) is 16.3 Å². The highest BCUT2D eigenvalue weighted by molar-refractivity contribution is 6.30. The molecule has 0 saturated carbocycles. The number of aryl methyl sites for hydroxylation is 2. The Kier molecular flexibility index (Phi) is 8.09. The molecule has 1 N–H and O–H groups in total. The van der Waals surface area contributed by atoms with Gasteiger partial charge in [0.05, 0.1) is 0 Å². The number of rotatable bonds is 8. The molecule has 1 unspecified atom stereocenters. The number of carbonyl (C=O) groups excluding carboxylic acids is 2. The first-order chi connectivity index (χ1) is 13.7. The van der Waals surface area contributed by atoms with Gasteiger partial charge in [0.15, 0.2) is 6.61 Å². The number of nitrogens with one attached hydrogen (secondary N) is 1. The molecule has 0 bridgehead atoms. The Hall–Kier alpha value is -2.53. The summed E-state index contributed by atoms with van der Waals surface area (Å²) in [5.41, 5.74) is 2.98. The van der Waals surface area contributed by atoms with Gasteiger partial charge in [-0.05, 0) is 63.9 Å². The lowest BCUT2D eigenvalue weighted by Crippen LogP contribution is -2.50. The van der Waals surface area contributed by atoms with Crippen LogP contribution in [0.2, 0.25) is 5.02 Å². The van der Waals surface area contributed by atoms with Gasteiger partial charge in [0, 0.05) is 17.6 Å². The van der Waals surface area contributed by atoms with E-state index in [0.29, 0.717) is 17.3 Å². The first-order valence-electron chi connectivity index (χ1n) is 9.71. The number of hydrogen-bond donors (Lipinski definition) is 1. The van der Waals surface area contributed by atoms with Gasteiger partial charge < -0.3 is 15.0 Å². The minimum atomic E-state index is -0.636. The zero-order valence-corrected chi connectivity index (χ0v) is 18.4. The fourth-order valence-electron chi connectivity index (χ4n) is 2.96. The molecule has 0 aliphatic carbocycles. The Morgan fingerprint density at radius 3 is 2.31 bits per heavy atom. The van der Waals surface area contributed by atoms with Crippen LogP contribution in [0.25, 0.3) is 0 Å². The molecule has 2 aromatic rings. The summed E-state index contributed by atoms with van der Waals surface area (Å²) in [5.74, 6) is 0.204. The van der Waals surface area contributed by atoms with Crippen LogP contribution in [-0.2, 0) is 16.1 Å². The van der Waals surface area contributed by atoms with E-state index in [0.717, 1.165) is 16.7 Å². The highest BCUT2D eigenvalue weighted by Gasteiger charge is 2.27. The lowest BCUT2D eigenvalue weighted by atomic mass is 10.1. The molecule has 2 amide bonds. The van der Waals surface area contributed by atoms with Crippen molar-refractivity contribution in [2.45, 2.75) is 53.2 Å². The molecule has 2 aromatic carbocycles. The number of ether oxygens (including phenoxy) is 1. The standard InChI is InChI=1S/C23H29ClN2O3/c1-15(2)25-23(28)18(5)26(13-19-7-9-20(24)10-8-19)22(27)14-29-21-11-6-16(3)12-17(21)4/h6-12,15,18H,13-14H2,1-5H3,(H,25,28). The highest BCUT2D eigenvalue weighted by Crippen LogP contribution is 2.19. The van der Waals surface area contributed by atoms with Gasteiger partial charge in [-0.2, -0.15) is 0 Å². The maximum atomic E-state index is 13.0. The molecule has 0 fully saturated rings. The van der Waals surface area contributed by atoms with Gasteiger partial charge in [0.1, 0.15) is 11.8 Å². The van der Waals surface area contributed by atoms with Crippen LogP contribution in [0.3, 0.4) is 0 Å². The molecule has 1 atom stereocenters. The SMILES string of the molecule is Cc1ccc(OCC(=O)N(Cc2ccc(Cl)cc2)C(C)C(=O)NC(C)C)c(C)c1. The number of nitrogens with zero attached hydrogens (tertiary/aromatic N) is 1. The van der Waals surface area contributed by atoms with Gasteiger partial charge >= 0.3 is 0 Å². The lowest BCUT2D eigenvalue weighted by Gasteiger charge is -2.29. The average molecular weight is 417 g/mol. The van der Waals surface area contributed by atoms with E-state index in [1.165, 1.54) is 4.90 Å². The zero-order chi connectivity index (χ0) is 21.6. The molecule has 6 heteroatoms. The minimum absolute atomic E-state index is 0.0103. The van der Waals surface area contributed by atoms with Crippen LogP contribution in [0.15, 0.2) is 42.5 Å². The van der Waals surface area contributed by atoms with Gasteiger partial charge in [-0.3, -0.25) is 9.59 Å². The van der Waals surface area contributed by atoms with Crippen LogP contribution in [0, 0.1) is 13.8 Å². The molecule has 0 spiro atoms. The van der Waals surface area contributed by atoms with Crippen molar-refractivity contribution < 1.29 is 14.3 Å². The molecule has 29 heavy (non-hydrogen) atoms. The number of amides is 2. The van der Waals surface area contributed by atoms with Crippen molar-refractivity contribution >= 4 is 23.4 Å². The Morgan fingerprint density at radius 2 is 1.72 bits per heavy atom. The Morgan fingerprint density at radius 1 is 1.07 bits per heavy atom. The molecule has 0 aromatic heterocycles.